The van der Waals surface area contributed by atoms with Gasteiger partial charge in [-0.3, -0.25) is 14.4 Å². The maximum Gasteiger partial charge on any atom is 0.306 e. The Balaban J connectivity index is 1.75. The zero-order chi connectivity index (χ0) is 19.8. The SMILES string of the molecule is CSc1ccc(C(=O)CCC(=O)OCC(=O)Nc2cc(F)ccc2F)cc1. The zero-order valence-electron chi connectivity index (χ0n) is 14.5. The lowest BCUT2D eigenvalue weighted by molar-refractivity contribution is -0.147. The average Bonchev–Trinajstić information content (AvgIpc) is 2.67. The van der Waals surface area contributed by atoms with E-state index in [0.717, 1.165) is 23.1 Å². The summed E-state index contributed by atoms with van der Waals surface area (Å²) in [5, 5.41) is 2.11. The van der Waals surface area contributed by atoms with E-state index >= 15 is 0 Å². The van der Waals surface area contributed by atoms with E-state index in [1.807, 2.05) is 18.4 Å². The monoisotopic (exact) mass is 393 g/mol. The highest BCUT2D eigenvalue weighted by Crippen LogP contribution is 2.17. The number of anilines is 1. The van der Waals surface area contributed by atoms with Crippen LogP contribution in [0.1, 0.15) is 23.2 Å². The fourth-order valence-electron chi connectivity index (χ4n) is 2.13. The van der Waals surface area contributed by atoms with E-state index in [2.05, 4.69) is 5.32 Å². The van der Waals surface area contributed by atoms with Gasteiger partial charge < -0.3 is 10.1 Å². The molecule has 2 aromatic carbocycles. The van der Waals surface area contributed by atoms with Crippen molar-refractivity contribution in [2.45, 2.75) is 17.7 Å². The summed E-state index contributed by atoms with van der Waals surface area (Å²) in [6, 6.07) is 9.58. The molecule has 142 valence electrons. The number of hydrogen-bond donors (Lipinski definition) is 1. The van der Waals surface area contributed by atoms with Crippen LogP contribution in [-0.4, -0.2) is 30.5 Å². The predicted molar refractivity (Wildman–Crippen MR) is 97.7 cm³/mol. The predicted octanol–water partition coefficient (Wildman–Crippen LogP) is 3.83. The Morgan fingerprint density at radius 1 is 1.04 bits per heavy atom. The highest BCUT2D eigenvalue weighted by molar-refractivity contribution is 7.98. The first-order valence-electron chi connectivity index (χ1n) is 7.97. The molecule has 1 N–H and O–H groups in total. The van der Waals surface area contributed by atoms with Gasteiger partial charge in [0.25, 0.3) is 5.91 Å². The minimum Gasteiger partial charge on any atom is -0.456 e. The minimum atomic E-state index is -0.813. The number of esters is 1. The molecule has 0 atom stereocenters. The van der Waals surface area contributed by atoms with Crippen molar-refractivity contribution < 1.29 is 27.9 Å². The molecule has 0 aliphatic rings. The summed E-state index contributed by atoms with van der Waals surface area (Å²) >= 11 is 1.55. The van der Waals surface area contributed by atoms with Gasteiger partial charge in [0.1, 0.15) is 11.6 Å². The molecule has 0 bridgehead atoms. The Morgan fingerprint density at radius 3 is 2.41 bits per heavy atom. The highest BCUT2D eigenvalue weighted by atomic mass is 32.2. The third kappa shape index (κ3) is 6.49. The number of carbonyl (C=O) groups excluding carboxylic acids is 3. The van der Waals surface area contributed by atoms with Crippen molar-refractivity contribution in [3.8, 4) is 0 Å². The van der Waals surface area contributed by atoms with E-state index in [1.54, 1.807) is 23.9 Å². The first kappa shape index (κ1) is 20.6. The second kappa shape index (κ2) is 9.82. The van der Waals surface area contributed by atoms with E-state index < -0.39 is 30.1 Å². The van der Waals surface area contributed by atoms with Crippen LogP contribution in [0.15, 0.2) is 47.4 Å². The number of hydrogen-bond acceptors (Lipinski definition) is 5. The van der Waals surface area contributed by atoms with Crippen molar-refractivity contribution in [3.63, 3.8) is 0 Å². The molecular formula is C19H17F2NO4S. The van der Waals surface area contributed by atoms with Crippen molar-refractivity contribution in [2.75, 3.05) is 18.2 Å². The van der Waals surface area contributed by atoms with Crippen molar-refractivity contribution in [2.24, 2.45) is 0 Å². The number of amides is 1. The Bertz CT molecular complexity index is 840. The quantitative estimate of drug-likeness (QED) is 0.419. The highest BCUT2D eigenvalue weighted by Gasteiger charge is 2.13. The van der Waals surface area contributed by atoms with Crippen LogP contribution in [0, 0.1) is 11.6 Å². The number of halogens is 2. The van der Waals surface area contributed by atoms with Crippen LogP contribution in [0.5, 0.6) is 0 Å². The first-order chi connectivity index (χ1) is 12.9. The number of rotatable bonds is 8. The van der Waals surface area contributed by atoms with Crippen LogP contribution in [-0.2, 0) is 14.3 Å². The second-order valence-corrected chi connectivity index (χ2v) is 6.36. The molecule has 27 heavy (non-hydrogen) atoms. The van der Waals surface area contributed by atoms with E-state index in [-0.39, 0.29) is 24.3 Å². The van der Waals surface area contributed by atoms with Gasteiger partial charge in [0.05, 0.1) is 12.1 Å². The lowest BCUT2D eigenvalue weighted by Gasteiger charge is -2.07. The molecule has 0 saturated carbocycles. The third-order valence-electron chi connectivity index (χ3n) is 3.53. The molecule has 0 unspecified atom stereocenters. The van der Waals surface area contributed by atoms with Gasteiger partial charge in [0.15, 0.2) is 12.4 Å². The van der Waals surface area contributed by atoms with Crippen molar-refractivity contribution in [1.82, 2.24) is 0 Å². The number of ether oxygens (including phenoxy) is 1. The Hall–Kier alpha value is -2.74. The summed E-state index contributed by atoms with van der Waals surface area (Å²) in [5.74, 6) is -3.29. The number of Topliss-reactive ketones (excluding diaryl/α,β-unsaturated/α-hetero) is 1. The number of ketones is 1. The molecule has 0 aliphatic carbocycles. The van der Waals surface area contributed by atoms with Gasteiger partial charge in [0, 0.05) is 22.9 Å². The molecule has 0 spiro atoms. The first-order valence-corrected chi connectivity index (χ1v) is 9.19. The molecule has 0 radical (unpaired) electrons. The molecule has 8 heteroatoms. The maximum absolute atomic E-state index is 13.4. The topological polar surface area (TPSA) is 72.5 Å². The fourth-order valence-corrected chi connectivity index (χ4v) is 2.54. The standard InChI is InChI=1S/C19H17F2NO4S/c1-27-14-5-2-12(3-6-14)17(23)8-9-19(25)26-11-18(24)22-16-10-13(20)4-7-15(16)21/h2-7,10H,8-9,11H2,1H3,(H,22,24). The van der Waals surface area contributed by atoms with Gasteiger partial charge in [-0.25, -0.2) is 8.78 Å². The Kier molecular flexibility index (Phi) is 7.48. The average molecular weight is 393 g/mol. The molecule has 0 aromatic heterocycles. The van der Waals surface area contributed by atoms with Gasteiger partial charge in [-0.15, -0.1) is 11.8 Å². The molecule has 0 heterocycles. The van der Waals surface area contributed by atoms with E-state index in [9.17, 15) is 23.2 Å². The van der Waals surface area contributed by atoms with Gasteiger partial charge in [0.2, 0.25) is 0 Å². The molecule has 0 saturated heterocycles. The van der Waals surface area contributed by atoms with E-state index in [1.165, 1.54) is 0 Å². The normalized spacial score (nSPS) is 10.3. The number of nitrogens with one attached hydrogen (secondary N) is 1. The zero-order valence-corrected chi connectivity index (χ0v) is 15.3. The summed E-state index contributed by atoms with van der Waals surface area (Å²) < 4.78 is 31.2. The Labute approximate surface area is 159 Å². The summed E-state index contributed by atoms with van der Waals surface area (Å²) in [6.45, 7) is -0.661. The molecule has 1 amide bonds. The van der Waals surface area contributed by atoms with Crippen LogP contribution in [0.4, 0.5) is 14.5 Å². The maximum atomic E-state index is 13.4. The third-order valence-corrected chi connectivity index (χ3v) is 4.28. The summed E-state index contributed by atoms with van der Waals surface area (Å²) in [7, 11) is 0. The largest absolute Gasteiger partial charge is 0.456 e. The number of benzene rings is 2. The summed E-state index contributed by atoms with van der Waals surface area (Å²) in [6.07, 6.45) is 1.67. The summed E-state index contributed by atoms with van der Waals surface area (Å²) in [5.41, 5.74) is 0.139. The second-order valence-electron chi connectivity index (χ2n) is 5.48. The summed E-state index contributed by atoms with van der Waals surface area (Å²) in [4.78, 5) is 36.4. The smallest absolute Gasteiger partial charge is 0.306 e. The molecule has 5 nitrogen and oxygen atoms in total. The van der Waals surface area contributed by atoms with Crippen LogP contribution in [0.25, 0.3) is 0 Å². The fraction of sp³-hybridized carbons (Fsp3) is 0.211. The molecule has 0 fully saturated rings. The molecule has 2 rings (SSSR count). The van der Waals surface area contributed by atoms with Crippen LogP contribution < -0.4 is 5.32 Å². The van der Waals surface area contributed by atoms with Crippen molar-refractivity contribution in [3.05, 3.63) is 59.7 Å². The minimum absolute atomic E-state index is 0.0579. The Morgan fingerprint density at radius 2 is 1.74 bits per heavy atom. The van der Waals surface area contributed by atoms with Gasteiger partial charge in [-0.1, -0.05) is 12.1 Å². The van der Waals surface area contributed by atoms with Crippen LogP contribution in [0.2, 0.25) is 0 Å². The van der Waals surface area contributed by atoms with Crippen LogP contribution in [0.3, 0.4) is 0 Å². The lowest BCUT2D eigenvalue weighted by atomic mass is 10.1. The van der Waals surface area contributed by atoms with Crippen LogP contribution >= 0.6 is 11.8 Å². The molecular weight excluding hydrogens is 376 g/mol. The van der Waals surface area contributed by atoms with Gasteiger partial charge in [-0.2, -0.15) is 0 Å². The molecule has 2 aromatic rings. The van der Waals surface area contributed by atoms with Crippen molar-refractivity contribution >= 4 is 35.1 Å². The van der Waals surface area contributed by atoms with Gasteiger partial charge >= 0.3 is 5.97 Å². The molecule has 0 aliphatic heterocycles. The lowest BCUT2D eigenvalue weighted by Crippen LogP contribution is -2.21. The van der Waals surface area contributed by atoms with E-state index in [0.29, 0.717) is 5.56 Å². The van der Waals surface area contributed by atoms with Gasteiger partial charge in [-0.05, 0) is 30.5 Å². The number of carbonyl (C=O) groups is 3. The van der Waals surface area contributed by atoms with E-state index in [4.69, 9.17) is 4.74 Å². The van der Waals surface area contributed by atoms with Crippen molar-refractivity contribution in [1.29, 1.82) is 0 Å². The number of thioether (sulfide) groups is 1.